The second kappa shape index (κ2) is 4.29. The van der Waals surface area contributed by atoms with Crippen molar-refractivity contribution in [3.63, 3.8) is 0 Å². The lowest BCUT2D eigenvalue weighted by Gasteiger charge is -2.03. The summed E-state index contributed by atoms with van der Waals surface area (Å²) >= 11 is 1.32. The third-order valence-corrected chi connectivity index (χ3v) is 2.77. The quantitative estimate of drug-likeness (QED) is 0.861. The maximum Gasteiger partial charge on any atom is 0.189 e. The van der Waals surface area contributed by atoms with Crippen molar-refractivity contribution < 1.29 is 0 Å². The van der Waals surface area contributed by atoms with Crippen LogP contribution in [0.4, 0.5) is 10.9 Å². The van der Waals surface area contributed by atoms with Crippen LogP contribution < -0.4 is 5.32 Å². The molecule has 0 atom stereocenters. The number of hydrogen-bond donors (Lipinski definition) is 1. The molecule has 16 heavy (non-hydrogen) atoms. The number of nitrogens with one attached hydrogen (secondary N) is 1. The molecule has 0 fully saturated rings. The molecule has 2 heterocycles. The Morgan fingerprint density at radius 3 is 2.81 bits per heavy atom. The zero-order valence-electron chi connectivity index (χ0n) is 8.98. The van der Waals surface area contributed by atoms with Gasteiger partial charge in [0.1, 0.15) is 16.8 Å². The normalized spacial score (nSPS) is 9.81. The van der Waals surface area contributed by atoms with Gasteiger partial charge in [0.05, 0.1) is 6.20 Å². The summed E-state index contributed by atoms with van der Waals surface area (Å²) in [6, 6.07) is 6.00. The van der Waals surface area contributed by atoms with Gasteiger partial charge in [-0.15, -0.1) is 0 Å². The average Bonchev–Trinajstić information content (AvgIpc) is 2.64. The molecule has 2 rings (SSSR count). The standard InChI is InChI=1S/C11H10N4S/c1-7-3-8(2)14-10(4-7)15-11-13-6-9(5-12)16-11/h3-4,6H,1-2H3,(H,13,14,15). The van der Waals surface area contributed by atoms with Crippen LogP contribution >= 0.6 is 11.3 Å². The number of aryl methyl sites for hydroxylation is 2. The fourth-order valence-corrected chi connectivity index (χ4v) is 2.02. The molecule has 2 aromatic rings. The number of hydrogen-bond acceptors (Lipinski definition) is 5. The number of nitrogens with zero attached hydrogens (tertiary/aromatic N) is 3. The summed E-state index contributed by atoms with van der Waals surface area (Å²) in [5, 5.41) is 12.5. The Morgan fingerprint density at radius 1 is 1.38 bits per heavy atom. The second-order valence-corrected chi connectivity index (χ2v) is 4.47. The minimum Gasteiger partial charge on any atom is -0.316 e. The van der Waals surface area contributed by atoms with Gasteiger partial charge in [-0.1, -0.05) is 11.3 Å². The van der Waals surface area contributed by atoms with Crippen LogP contribution in [0.25, 0.3) is 0 Å². The van der Waals surface area contributed by atoms with E-state index in [1.807, 2.05) is 26.0 Å². The molecular formula is C11H10N4S. The lowest BCUT2D eigenvalue weighted by molar-refractivity contribution is 1.17. The Labute approximate surface area is 97.6 Å². The summed E-state index contributed by atoms with van der Waals surface area (Å²) < 4.78 is 0. The van der Waals surface area contributed by atoms with Crippen LogP contribution in [-0.2, 0) is 0 Å². The van der Waals surface area contributed by atoms with E-state index in [1.165, 1.54) is 11.3 Å². The summed E-state index contributed by atoms with van der Waals surface area (Å²) in [6.45, 7) is 3.96. The molecule has 0 aliphatic heterocycles. The van der Waals surface area contributed by atoms with Crippen LogP contribution in [0.1, 0.15) is 16.1 Å². The van der Waals surface area contributed by atoms with E-state index in [0.29, 0.717) is 10.0 Å². The first-order valence-electron chi connectivity index (χ1n) is 4.75. The highest BCUT2D eigenvalue weighted by Gasteiger charge is 2.03. The summed E-state index contributed by atoms with van der Waals surface area (Å²) in [6.07, 6.45) is 1.55. The summed E-state index contributed by atoms with van der Waals surface area (Å²) in [5.74, 6) is 0.760. The van der Waals surface area contributed by atoms with E-state index < -0.39 is 0 Å². The molecule has 0 bridgehead atoms. The van der Waals surface area contributed by atoms with Crippen molar-refractivity contribution in [2.45, 2.75) is 13.8 Å². The van der Waals surface area contributed by atoms with E-state index >= 15 is 0 Å². The van der Waals surface area contributed by atoms with Crippen molar-refractivity contribution in [1.29, 1.82) is 5.26 Å². The Bertz CT molecular complexity index is 533. The number of thiazole rings is 1. The lowest BCUT2D eigenvalue weighted by atomic mass is 10.2. The largest absolute Gasteiger partial charge is 0.316 e. The minimum absolute atomic E-state index is 0.590. The van der Waals surface area contributed by atoms with Crippen LogP contribution in [0.2, 0.25) is 0 Å². The molecule has 0 saturated carbocycles. The molecule has 2 aromatic heterocycles. The summed E-state index contributed by atoms with van der Waals surface area (Å²) in [7, 11) is 0. The third-order valence-electron chi connectivity index (χ3n) is 1.95. The highest BCUT2D eigenvalue weighted by atomic mass is 32.1. The Balaban J connectivity index is 2.23. The van der Waals surface area contributed by atoms with Gasteiger partial charge in [0.15, 0.2) is 5.13 Å². The monoisotopic (exact) mass is 230 g/mol. The number of rotatable bonds is 2. The molecule has 0 saturated heterocycles. The average molecular weight is 230 g/mol. The van der Waals surface area contributed by atoms with Crippen molar-refractivity contribution in [1.82, 2.24) is 9.97 Å². The van der Waals surface area contributed by atoms with Crippen LogP contribution in [0.15, 0.2) is 18.3 Å². The lowest BCUT2D eigenvalue weighted by Crippen LogP contribution is -1.95. The fourth-order valence-electron chi connectivity index (χ4n) is 1.40. The van der Waals surface area contributed by atoms with E-state index in [9.17, 15) is 0 Å². The van der Waals surface area contributed by atoms with Gasteiger partial charge in [-0.2, -0.15) is 5.26 Å². The Hall–Kier alpha value is -1.93. The maximum atomic E-state index is 8.68. The first kappa shape index (κ1) is 10.6. The van der Waals surface area contributed by atoms with Gasteiger partial charge in [-0.05, 0) is 31.5 Å². The number of nitriles is 1. The second-order valence-electron chi connectivity index (χ2n) is 3.44. The zero-order valence-corrected chi connectivity index (χ0v) is 9.80. The molecule has 0 aromatic carbocycles. The van der Waals surface area contributed by atoms with Gasteiger partial charge < -0.3 is 5.32 Å². The highest BCUT2D eigenvalue weighted by Crippen LogP contribution is 2.21. The van der Waals surface area contributed by atoms with Crippen LogP contribution in [0.3, 0.4) is 0 Å². The van der Waals surface area contributed by atoms with Crippen molar-refractivity contribution in [2.24, 2.45) is 0 Å². The van der Waals surface area contributed by atoms with Crippen LogP contribution in [0, 0.1) is 25.2 Å². The van der Waals surface area contributed by atoms with Crippen molar-refractivity contribution in [3.8, 4) is 6.07 Å². The molecule has 0 unspecified atom stereocenters. The first-order valence-corrected chi connectivity index (χ1v) is 5.57. The van der Waals surface area contributed by atoms with Crippen LogP contribution in [-0.4, -0.2) is 9.97 Å². The first-order chi connectivity index (χ1) is 7.67. The van der Waals surface area contributed by atoms with Crippen molar-refractivity contribution >= 4 is 22.3 Å². The molecule has 0 amide bonds. The molecular weight excluding hydrogens is 220 g/mol. The topological polar surface area (TPSA) is 61.6 Å². The van der Waals surface area contributed by atoms with E-state index in [1.54, 1.807) is 6.20 Å². The molecule has 1 N–H and O–H groups in total. The number of aromatic nitrogens is 2. The Kier molecular flexibility index (Phi) is 2.84. The van der Waals surface area contributed by atoms with Gasteiger partial charge in [-0.3, -0.25) is 0 Å². The summed E-state index contributed by atoms with van der Waals surface area (Å²) in [4.78, 5) is 9.01. The Morgan fingerprint density at radius 2 is 2.19 bits per heavy atom. The third kappa shape index (κ3) is 2.35. The SMILES string of the molecule is Cc1cc(C)nc(Nc2ncc(C#N)s2)c1. The van der Waals surface area contributed by atoms with Gasteiger partial charge in [0.25, 0.3) is 0 Å². The van der Waals surface area contributed by atoms with Gasteiger partial charge in [0, 0.05) is 5.69 Å². The van der Waals surface area contributed by atoms with E-state index in [0.717, 1.165) is 17.1 Å². The molecule has 0 aliphatic rings. The van der Waals surface area contributed by atoms with Crippen molar-refractivity contribution in [3.05, 3.63) is 34.5 Å². The van der Waals surface area contributed by atoms with Gasteiger partial charge >= 0.3 is 0 Å². The summed E-state index contributed by atoms with van der Waals surface area (Å²) in [5.41, 5.74) is 2.10. The van der Waals surface area contributed by atoms with Gasteiger partial charge in [-0.25, -0.2) is 9.97 Å². The zero-order chi connectivity index (χ0) is 11.5. The number of anilines is 2. The predicted molar refractivity (Wildman–Crippen MR) is 63.8 cm³/mol. The van der Waals surface area contributed by atoms with Crippen LogP contribution in [0.5, 0.6) is 0 Å². The molecule has 5 heteroatoms. The molecule has 0 spiro atoms. The molecule has 0 radical (unpaired) electrons. The maximum absolute atomic E-state index is 8.68. The predicted octanol–water partition coefficient (Wildman–Crippen LogP) is 2.77. The highest BCUT2D eigenvalue weighted by molar-refractivity contribution is 7.16. The molecule has 0 aliphatic carbocycles. The van der Waals surface area contributed by atoms with E-state index in [-0.39, 0.29) is 0 Å². The fraction of sp³-hybridized carbons (Fsp3) is 0.182. The minimum atomic E-state index is 0.590. The smallest absolute Gasteiger partial charge is 0.189 e. The number of pyridine rings is 1. The van der Waals surface area contributed by atoms with Crippen molar-refractivity contribution in [2.75, 3.05) is 5.32 Å². The van der Waals surface area contributed by atoms with E-state index in [2.05, 4.69) is 21.4 Å². The van der Waals surface area contributed by atoms with Gasteiger partial charge in [0.2, 0.25) is 0 Å². The molecule has 4 nitrogen and oxygen atoms in total. The molecule has 80 valence electrons. The van der Waals surface area contributed by atoms with E-state index in [4.69, 9.17) is 5.26 Å².